The van der Waals surface area contributed by atoms with E-state index in [1.165, 1.54) is 31.2 Å². The second-order valence-electron chi connectivity index (χ2n) is 4.66. The summed E-state index contributed by atoms with van der Waals surface area (Å²) in [6, 6.07) is 6.40. The predicted octanol–water partition coefficient (Wildman–Crippen LogP) is 3.42. The van der Waals surface area contributed by atoms with Crippen molar-refractivity contribution in [2.75, 3.05) is 6.54 Å². The molecule has 0 bridgehead atoms. The van der Waals surface area contributed by atoms with Gasteiger partial charge in [-0.15, -0.1) is 0 Å². The molecule has 2 heteroatoms. The number of hydrogen-bond donors (Lipinski definition) is 1. The zero-order valence-electron chi connectivity index (χ0n) is 9.22. The summed E-state index contributed by atoms with van der Waals surface area (Å²) < 4.78 is 0. The van der Waals surface area contributed by atoms with Gasteiger partial charge in [0.2, 0.25) is 0 Å². The summed E-state index contributed by atoms with van der Waals surface area (Å²) in [5.41, 5.74) is 8.63. The van der Waals surface area contributed by atoms with Crippen molar-refractivity contribution < 1.29 is 0 Å². The van der Waals surface area contributed by atoms with Crippen LogP contribution in [0, 0.1) is 6.92 Å². The Kier molecular flexibility index (Phi) is 3.03. The largest absolute Gasteiger partial charge is 0.330 e. The second-order valence-corrected chi connectivity index (χ2v) is 5.06. The van der Waals surface area contributed by atoms with Gasteiger partial charge in [0.15, 0.2) is 0 Å². The summed E-state index contributed by atoms with van der Waals surface area (Å²) in [6.45, 7) is 2.78. The topological polar surface area (TPSA) is 26.0 Å². The van der Waals surface area contributed by atoms with E-state index in [1.807, 2.05) is 6.92 Å². The maximum Gasteiger partial charge on any atom is 0.0438 e. The van der Waals surface area contributed by atoms with E-state index in [0.717, 1.165) is 17.1 Å². The van der Waals surface area contributed by atoms with Gasteiger partial charge >= 0.3 is 0 Å². The van der Waals surface area contributed by atoms with Crippen molar-refractivity contribution in [3.05, 3.63) is 34.3 Å². The third-order valence-electron chi connectivity index (χ3n) is 3.74. The average molecular weight is 224 g/mol. The fourth-order valence-electron chi connectivity index (χ4n) is 2.59. The molecule has 1 aliphatic rings. The Morgan fingerprint density at radius 1 is 1.33 bits per heavy atom. The molecule has 0 aromatic heterocycles. The molecule has 1 saturated carbocycles. The summed E-state index contributed by atoms with van der Waals surface area (Å²) in [6.07, 6.45) is 5.01. The van der Waals surface area contributed by atoms with Crippen molar-refractivity contribution in [2.45, 2.75) is 38.0 Å². The quantitative estimate of drug-likeness (QED) is 0.817. The number of halogens is 1. The molecule has 0 atom stereocenters. The van der Waals surface area contributed by atoms with Gasteiger partial charge < -0.3 is 5.73 Å². The Hall–Kier alpha value is -0.530. The van der Waals surface area contributed by atoms with Gasteiger partial charge in [-0.25, -0.2) is 0 Å². The van der Waals surface area contributed by atoms with Gasteiger partial charge in [-0.05, 0) is 37.0 Å². The summed E-state index contributed by atoms with van der Waals surface area (Å²) in [5.74, 6) is 0. The molecule has 0 amide bonds. The van der Waals surface area contributed by atoms with Crippen LogP contribution in [0.1, 0.15) is 36.8 Å². The standard InChI is InChI=1S/C13H18ClN/c1-10-4-5-11(8-12(10)14)13(9-15)6-2-3-7-13/h4-5,8H,2-3,6-7,9,15H2,1H3. The minimum atomic E-state index is 0.206. The third kappa shape index (κ3) is 1.91. The first-order valence-electron chi connectivity index (χ1n) is 5.65. The normalized spacial score (nSPS) is 19.4. The molecule has 15 heavy (non-hydrogen) atoms. The molecular formula is C13H18ClN. The molecule has 82 valence electrons. The van der Waals surface area contributed by atoms with Crippen molar-refractivity contribution in [3.8, 4) is 0 Å². The van der Waals surface area contributed by atoms with E-state index in [9.17, 15) is 0 Å². The molecule has 0 spiro atoms. The molecule has 1 nitrogen and oxygen atoms in total. The number of rotatable bonds is 2. The summed E-state index contributed by atoms with van der Waals surface area (Å²) in [4.78, 5) is 0. The lowest BCUT2D eigenvalue weighted by atomic mass is 9.79. The predicted molar refractivity (Wildman–Crippen MR) is 65.4 cm³/mol. The van der Waals surface area contributed by atoms with Crippen LogP contribution in [0.2, 0.25) is 5.02 Å². The first-order chi connectivity index (χ1) is 7.18. The van der Waals surface area contributed by atoms with Gasteiger partial charge in [-0.1, -0.05) is 36.6 Å². The van der Waals surface area contributed by atoms with E-state index in [-0.39, 0.29) is 5.41 Å². The Balaban J connectivity index is 2.38. The lowest BCUT2D eigenvalue weighted by Gasteiger charge is -2.28. The summed E-state index contributed by atoms with van der Waals surface area (Å²) in [5, 5.41) is 0.868. The van der Waals surface area contributed by atoms with E-state index in [1.54, 1.807) is 0 Å². The highest BCUT2D eigenvalue weighted by Gasteiger charge is 2.34. The molecule has 1 aliphatic carbocycles. The molecule has 0 saturated heterocycles. The molecule has 0 radical (unpaired) electrons. The highest BCUT2D eigenvalue weighted by molar-refractivity contribution is 6.31. The van der Waals surface area contributed by atoms with E-state index in [2.05, 4.69) is 18.2 Å². The van der Waals surface area contributed by atoms with Crippen LogP contribution >= 0.6 is 11.6 Å². The van der Waals surface area contributed by atoms with Crippen LogP contribution in [0.15, 0.2) is 18.2 Å². The Bertz CT molecular complexity index is 354. The molecule has 0 aliphatic heterocycles. The number of benzene rings is 1. The average Bonchev–Trinajstić information content (AvgIpc) is 2.72. The second kappa shape index (κ2) is 4.15. The highest BCUT2D eigenvalue weighted by Crippen LogP contribution is 2.41. The van der Waals surface area contributed by atoms with Gasteiger partial charge in [0.25, 0.3) is 0 Å². The maximum absolute atomic E-state index is 6.17. The summed E-state index contributed by atoms with van der Waals surface area (Å²) >= 11 is 6.17. The molecule has 1 aromatic rings. The van der Waals surface area contributed by atoms with Crippen molar-refractivity contribution >= 4 is 11.6 Å². The Morgan fingerprint density at radius 3 is 2.53 bits per heavy atom. The molecular weight excluding hydrogens is 206 g/mol. The first-order valence-corrected chi connectivity index (χ1v) is 6.02. The fraction of sp³-hybridized carbons (Fsp3) is 0.538. The minimum Gasteiger partial charge on any atom is -0.330 e. The lowest BCUT2D eigenvalue weighted by Crippen LogP contribution is -2.31. The van der Waals surface area contributed by atoms with Gasteiger partial charge in [0.1, 0.15) is 0 Å². The smallest absolute Gasteiger partial charge is 0.0438 e. The zero-order valence-corrected chi connectivity index (χ0v) is 9.98. The van der Waals surface area contributed by atoms with Crippen molar-refractivity contribution in [1.29, 1.82) is 0 Å². The van der Waals surface area contributed by atoms with Gasteiger partial charge in [-0.2, -0.15) is 0 Å². The van der Waals surface area contributed by atoms with Crippen LogP contribution in [0.4, 0.5) is 0 Å². The SMILES string of the molecule is Cc1ccc(C2(CN)CCCC2)cc1Cl. The van der Waals surface area contributed by atoms with Crippen molar-refractivity contribution in [3.63, 3.8) is 0 Å². The number of nitrogens with two attached hydrogens (primary N) is 1. The highest BCUT2D eigenvalue weighted by atomic mass is 35.5. The lowest BCUT2D eigenvalue weighted by molar-refractivity contribution is 0.453. The molecule has 0 unspecified atom stereocenters. The van der Waals surface area contributed by atoms with E-state index >= 15 is 0 Å². The van der Waals surface area contributed by atoms with E-state index in [4.69, 9.17) is 17.3 Å². The van der Waals surface area contributed by atoms with Crippen LogP contribution in [0.3, 0.4) is 0 Å². The molecule has 2 N–H and O–H groups in total. The summed E-state index contributed by atoms with van der Waals surface area (Å²) in [7, 11) is 0. The first kappa shape index (κ1) is 11.0. The molecule has 0 heterocycles. The van der Waals surface area contributed by atoms with E-state index < -0.39 is 0 Å². The number of aryl methyl sites for hydroxylation is 1. The fourth-order valence-corrected chi connectivity index (χ4v) is 2.77. The number of hydrogen-bond acceptors (Lipinski definition) is 1. The monoisotopic (exact) mass is 223 g/mol. The van der Waals surface area contributed by atoms with Gasteiger partial charge in [0.05, 0.1) is 0 Å². The molecule has 1 aromatic carbocycles. The van der Waals surface area contributed by atoms with Crippen LogP contribution in [-0.2, 0) is 5.41 Å². The van der Waals surface area contributed by atoms with Crippen LogP contribution in [-0.4, -0.2) is 6.54 Å². The molecule has 1 fully saturated rings. The van der Waals surface area contributed by atoms with Crippen molar-refractivity contribution in [1.82, 2.24) is 0 Å². The van der Waals surface area contributed by atoms with Gasteiger partial charge in [-0.3, -0.25) is 0 Å². The molecule has 2 rings (SSSR count). The zero-order chi connectivity index (χ0) is 10.9. The van der Waals surface area contributed by atoms with Crippen LogP contribution in [0.5, 0.6) is 0 Å². The Labute approximate surface area is 96.6 Å². The van der Waals surface area contributed by atoms with Gasteiger partial charge in [0, 0.05) is 17.0 Å². The van der Waals surface area contributed by atoms with E-state index in [0.29, 0.717) is 0 Å². The minimum absolute atomic E-state index is 0.206. The van der Waals surface area contributed by atoms with Crippen LogP contribution in [0.25, 0.3) is 0 Å². The maximum atomic E-state index is 6.17. The van der Waals surface area contributed by atoms with Crippen LogP contribution < -0.4 is 5.73 Å². The third-order valence-corrected chi connectivity index (χ3v) is 4.14. The van der Waals surface area contributed by atoms with Crippen molar-refractivity contribution in [2.24, 2.45) is 5.73 Å². The Morgan fingerprint density at radius 2 is 2.00 bits per heavy atom.